The maximum atomic E-state index is 5.61. The highest BCUT2D eigenvalue weighted by Gasteiger charge is 1.96. The van der Waals surface area contributed by atoms with E-state index in [9.17, 15) is 0 Å². The SMILES string of the molecule is Nc1ccn(CCCOCc2cccc(Br)c2)n1. The number of hydrogen-bond donors (Lipinski definition) is 1. The van der Waals surface area contributed by atoms with Gasteiger partial charge in [0.05, 0.1) is 6.61 Å². The number of ether oxygens (including phenoxy) is 1. The van der Waals surface area contributed by atoms with E-state index in [0.717, 1.165) is 17.4 Å². The molecule has 0 atom stereocenters. The third kappa shape index (κ3) is 4.16. The summed E-state index contributed by atoms with van der Waals surface area (Å²) in [5.41, 5.74) is 6.71. The number of nitrogens with zero attached hydrogens (tertiary/aromatic N) is 2. The molecular weight excluding hydrogens is 294 g/mol. The van der Waals surface area contributed by atoms with Crippen molar-refractivity contribution in [3.05, 3.63) is 46.6 Å². The van der Waals surface area contributed by atoms with Crippen LogP contribution in [-0.4, -0.2) is 16.4 Å². The van der Waals surface area contributed by atoms with Crippen LogP contribution in [0.4, 0.5) is 5.82 Å². The van der Waals surface area contributed by atoms with Crippen LogP contribution in [0, 0.1) is 0 Å². The molecule has 1 aromatic heterocycles. The second-order valence-corrected chi connectivity index (χ2v) is 4.96. The number of halogens is 1. The van der Waals surface area contributed by atoms with Crippen LogP contribution >= 0.6 is 15.9 Å². The van der Waals surface area contributed by atoms with Gasteiger partial charge in [0.15, 0.2) is 0 Å². The molecule has 5 heteroatoms. The quantitative estimate of drug-likeness (QED) is 0.835. The average Bonchev–Trinajstić information content (AvgIpc) is 2.75. The first-order valence-electron chi connectivity index (χ1n) is 5.85. The summed E-state index contributed by atoms with van der Waals surface area (Å²) in [5, 5.41) is 4.11. The maximum Gasteiger partial charge on any atom is 0.145 e. The van der Waals surface area contributed by atoms with Crippen LogP contribution in [0.15, 0.2) is 41.0 Å². The molecule has 0 saturated carbocycles. The minimum atomic E-state index is 0.560. The smallest absolute Gasteiger partial charge is 0.145 e. The highest BCUT2D eigenvalue weighted by atomic mass is 79.9. The van der Waals surface area contributed by atoms with Crippen molar-refractivity contribution in [1.82, 2.24) is 9.78 Å². The Morgan fingerprint density at radius 2 is 2.22 bits per heavy atom. The molecule has 2 aromatic rings. The third-order valence-electron chi connectivity index (χ3n) is 2.49. The molecule has 0 saturated heterocycles. The van der Waals surface area contributed by atoms with Crippen molar-refractivity contribution in [2.24, 2.45) is 0 Å². The fourth-order valence-electron chi connectivity index (χ4n) is 1.65. The van der Waals surface area contributed by atoms with Gasteiger partial charge in [0.25, 0.3) is 0 Å². The molecule has 18 heavy (non-hydrogen) atoms. The van der Waals surface area contributed by atoms with Gasteiger partial charge >= 0.3 is 0 Å². The lowest BCUT2D eigenvalue weighted by molar-refractivity contribution is 0.115. The zero-order valence-electron chi connectivity index (χ0n) is 10.1. The standard InChI is InChI=1S/C13H16BrN3O/c14-12-4-1-3-11(9-12)10-18-8-2-6-17-7-5-13(15)16-17/h1,3-5,7,9H,2,6,8,10H2,(H2,15,16). The number of aryl methyl sites for hydroxylation is 1. The zero-order chi connectivity index (χ0) is 12.8. The lowest BCUT2D eigenvalue weighted by atomic mass is 10.2. The second-order valence-electron chi connectivity index (χ2n) is 4.04. The molecule has 0 fully saturated rings. The van der Waals surface area contributed by atoms with Crippen molar-refractivity contribution in [3.8, 4) is 0 Å². The summed E-state index contributed by atoms with van der Waals surface area (Å²) in [6.07, 6.45) is 2.80. The van der Waals surface area contributed by atoms with Crippen LogP contribution in [0.1, 0.15) is 12.0 Å². The Morgan fingerprint density at radius 1 is 1.33 bits per heavy atom. The number of anilines is 1. The highest BCUT2D eigenvalue weighted by molar-refractivity contribution is 9.10. The molecule has 0 radical (unpaired) electrons. The predicted molar refractivity (Wildman–Crippen MR) is 75.1 cm³/mol. The Balaban J connectivity index is 1.64. The zero-order valence-corrected chi connectivity index (χ0v) is 11.6. The first-order valence-corrected chi connectivity index (χ1v) is 6.64. The monoisotopic (exact) mass is 309 g/mol. The van der Waals surface area contributed by atoms with E-state index >= 15 is 0 Å². The van der Waals surface area contributed by atoms with Gasteiger partial charge in [0.1, 0.15) is 5.82 Å². The number of nitrogen functional groups attached to an aromatic ring is 1. The van der Waals surface area contributed by atoms with Crippen molar-refractivity contribution in [2.45, 2.75) is 19.6 Å². The summed E-state index contributed by atoms with van der Waals surface area (Å²) in [4.78, 5) is 0. The van der Waals surface area contributed by atoms with Gasteiger partial charge in [-0.3, -0.25) is 4.68 Å². The van der Waals surface area contributed by atoms with E-state index in [0.29, 0.717) is 19.0 Å². The van der Waals surface area contributed by atoms with Gasteiger partial charge in [-0.05, 0) is 30.2 Å². The van der Waals surface area contributed by atoms with Crippen molar-refractivity contribution in [1.29, 1.82) is 0 Å². The van der Waals surface area contributed by atoms with Gasteiger partial charge in [-0.2, -0.15) is 5.10 Å². The molecule has 1 aromatic carbocycles. The molecule has 2 rings (SSSR count). The van der Waals surface area contributed by atoms with E-state index in [4.69, 9.17) is 10.5 Å². The molecule has 1 heterocycles. The summed E-state index contributed by atoms with van der Waals surface area (Å²) >= 11 is 3.44. The Hall–Kier alpha value is -1.33. The molecule has 0 amide bonds. The second kappa shape index (κ2) is 6.56. The molecule has 0 unspecified atom stereocenters. The van der Waals surface area contributed by atoms with Crippen LogP contribution in [0.5, 0.6) is 0 Å². The molecule has 0 aliphatic rings. The van der Waals surface area contributed by atoms with E-state index in [1.807, 2.05) is 23.0 Å². The normalized spacial score (nSPS) is 10.7. The summed E-state index contributed by atoms with van der Waals surface area (Å²) in [6, 6.07) is 9.93. The van der Waals surface area contributed by atoms with Gasteiger partial charge in [-0.15, -0.1) is 0 Å². The van der Waals surface area contributed by atoms with Crippen molar-refractivity contribution < 1.29 is 4.74 Å². The Labute approximate surface area is 115 Å². The van der Waals surface area contributed by atoms with Gasteiger partial charge in [0.2, 0.25) is 0 Å². The van der Waals surface area contributed by atoms with Gasteiger partial charge in [0, 0.05) is 23.8 Å². The number of nitrogens with two attached hydrogens (primary N) is 1. The summed E-state index contributed by atoms with van der Waals surface area (Å²) in [5.74, 6) is 0.560. The van der Waals surface area contributed by atoms with Crippen molar-refractivity contribution in [3.63, 3.8) is 0 Å². The van der Waals surface area contributed by atoms with Crippen LogP contribution in [0.2, 0.25) is 0 Å². The lowest BCUT2D eigenvalue weighted by Gasteiger charge is -2.05. The Kier molecular flexibility index (Phi) is 4.78. The van der Waals surface area contributed by atoms with Crippen LogP contribution in [0.25, 0.3) is 0 Å². The lowest BCUT2D eigenvalue weighted by Crippen LogP contribution is -2.04. The highest BCUT2D eigenvalue weighted by Crippen LogP contribution is 2.12. The first kappa shape index (κ1) is 13.1. The van der Waals surface area contributed by atoms with E-state index in [1.165, 1.54) is 5.56 Å². The summed E-state index contributed by atoms with van der Waals surface area (Å²) < 4.78 is 8.52. The Morgan fingerprint density at radius 3 is 2.94 bits per heavy atom. The van der Waals surface area contributed by atoms with Crippen LogP contribution in [0.3, 0.4) is 0 Å². The minimum absolute atomic E-state index is 0.560. The molecule has 2 N–H and O–H groups in total. The Bertz CT molecular complexity index is 498. The van der Waals surface area contributed by atoms with Crippen molar-refractivity contribution >= 4 is 21.7 Å². The summed E-state index contributed by atoms with van der Waals surface area (Å²) in [7, 11) is 0. The number of hydrogen-bond acceptors (Lipinski definition) is 3. The summed E-state index contributed by atoms with van der Waals surface area (Å²) in [6.45, 7) is 2.18. The molecule has 96 valence electrons. The van der Waals surface area contributed by atoms with Gasteiger partial charge in [-0.1, -0.05) is 28.1 Å². The third-order valence-corrected chi connectivity index (χ3v) is 2.99. The molecule has 0 bridgehead atoms. The van der Waals surface area contributed by atoms with Gasteiger partial charge < -0.3 is 10.5 Å². The van der Waals surface area contributed by atoms with E-state index in [2.05, 4.69) is 33.2 Å². The minimum Gasteiger partial charge on any atom is -0.382 e. The predicted octanol–water partition coefficient (Wildman–Crippen LogP) is 2.83. The number of aromatic nitrogens is 2. The van der Waals surface area contributed by atoms with Crippen LogP contribution < -0.4 is 5.73 Å². The van der Waals surface area contributed by atoms with Crippen LogP contribution in [-0.2, 0) is 17.9 Å². The average molecular weight is 310 g/mol. The van der Waals surface area contributed by atoms with E-state index in [-0.39, 0.29) is 0 Å². The largest absolute Gasteiger partial charge is 0.382 e. The topological polar surface area (TPSA) is 53.1 Å². The maximum absolute atomic E-state index is 5.61. The van der Waals surface area contributed by atoms with E-state index < -0.39 is 0 Å². The molecule has 4 nitrogen and oxygen atoms in total. The number of benzene rings is 1. The molecular formula is C13H16BrN3O. The molecule has 0 spiro atoms. The van der Waals surface area contributed by atoms with Gasteiger partial charge in [-0.25, -0.2) is 0 Å². The van der Waals surface area contributed by atoms with E-state index in [1.54, 1.807) is 6.07 Å². The number of rotatable bonds is 6. The fraction of sp³-hybridized carbons (Fsp3) is 0.308. The fourth-order valence-corrected chi connectivity index (χ4v) is 2.09. The molecule has 0 aliphatic heterocycles. The first-order chi connectivity index (χ1) is 8.74. The molecule has 0 aliphatic carbocycles. The van der Waals surface area contributed by atoms with Crippen molar-refractivity contribution in [2.75, 3.05) is 12.3 Å².